The number of carbonyl (C=O) groups is 2. The summed E-state index contributed by atoms with van der Waals surface area (Å²) in [5.41, 5.74) is -0.722. The smallest absolute Gasteiger partial charge is 0.337 e. The molecule has 2 N–H and O–H groups in total. The van der Waals surface area contributed by atoms with E-state index in [9.17, 15) is 14.7 Å². The van der Waals surface area contributed by atoms with E-state index in [0.29, 0.717) is 6.54 Å². The highest BCUT2D eigenvalue weighted by Crippen LogP contribution is 2.41. The monoisotopic (exact) mass is 331 g/mol. The summed E-state index contributed by atoms with van der Waals surface area (Å²) in [5.74, 6) is -1.43. The minimum Gasteiger partial charge on any atom is -0.479 e. The van der Waals surface area contributed by atoms with Gasteiger partial charge < -0.3 is 15.3 Å². The van der Waals surface area contributed by atoms with E-state index in [1.807, 2.05) is 4.90 Å². The molecule has 0 aromatic carbocycles. The number of piperidine rings is 1. The lowest BCUT2D eigenvalue weighted by Gasteiger charge is -2.43. The van der Waals surface area contributed by atoms with Crippen LogP contribution in [-0.2, 0) is 9.59 Å². The fraction of sp³-hybridized carbons (Fsp3) is 0.611. The van der Waals surface area contributed by atoms with E-state index in [-0.39, 0.29) is 24.2 Å². The standard InChI is InChI=1S/C18H25N3O3/c1-2-18(17(23)24,16(22)13-4-3-9-20-12-13)21(14-5-6-14)15-7-10-19-11-8-15/h7-8,10-11,13-14,20H,2-6,9,12H2,1H3,(H,23,24). The van der Waals surface area contributed by atoms with Gasteiger partial charge in [-0.15, -0.1) is 0 Å². The molecule has 2 aliphatic rings. The van der Waals surface area contributed by atoms with Crippen LogP contribution in [0.15, 0.2) is 24.5 Å². The van der Waals surface area contributed by atoms with Gasteiger partial charge in [0.15, 0.2) is 11.3 Å². The lowest BCUT2D eigenvalue weighted by atomic mass is 9.78. The highest BCUT2D eigenvalue weighted by atomic mass is 16.4. The second-order valence-corrected chi connectivity index (χ2v) is 6.73. The quantitative estimate of drug-likeness (QED) is 0.742. The Morgan fingerprint density at radius 3 is 2.54 bits per heavy atom. The molecule has 0 radical (unpaired) electrons. The van der Waals surface area contributed by atoms with Crippen molar-refractivity contribution in [3.8, 4) is 0 Å². The number of nitrogens with zero attached hydrogens (tertiary/aromatic N) is 2. The molecule has 130 valence electrons. The number of ketones is 1. The maximum Gasteiger partial charge on any atom is 0.337 e. The molecule has 6 nitrogen and oxygen atoms in total. The van der Waals surface area contributed by atoms with Gasteiger partial charge in [-0.1, -0.05) is 6.92 Å². The molecule has 2 atom stereocenters. The van der Waals surface area contributed by atoms with Crippen LogP contribution in [0.3, 0.4) is 0 Å². The zero-order valence-electron chi connectivity index (χ0n) is 14.1. The Hall–Kier alpha value is -1.95. The van der Waals surface area contributed by atoms with Crippen molar-refractivity contribution in [1.82, 2.24) is 10.3 Å². The van der Waals surface area contributed by atoms with Crippen molar-refractivity contribution >= 4 is 17.4 Å². The summed E-state index contributed by atoms with van der Waals surface area (Å²) < 4.78 is 0. The summed E-state index contributed by atoms with van der Waals surface area (Å²) >= 11 is 0. The van der Waals surface area contributed by atoms with Crippen LogP contribution >= 0.6 is 0 Å². The summed E-state index contributed by atoms with van der Waals surface area (Å²) in [7, 11) is 0. The number of hydrogen-bond donors (Lipinski definition) is 2. The average Bonchev–Trinajstić information content (AvgIpc) is 3.45. The van der Waals surface area contributed by atoms with Crippen molar-refractivity contribution in [3.05, 3.63) is 24.5 Å². The number of pyridine rings is 1. The van der Waals surface area contributed by atoms with Crippen LogP contribution in [0, 0.1) is 5.92 Å². The van der Waals surface area contributed by atoms with Crippen LogP contribution < -0.4 is 10.2 Å². The molecule has 1 aromatic heterocycles. The van der Waals surface area contributed by atoms with Crippen LogP contribution in [0.2, 0.25) is 0 Å². The predicted octanol–water partition coefficient (Wildman–Crippen LogP) is 1.85. The van der Waals surface area contributed by atoms with E-state index < -0.39 is 11.5 Å². The van der Waals surface area contributed by atoms with Gasteiger partial charge >= 0.3 is 5.97 Å². The third-order valence-corrected chi connectivity index (χ3v) is 5.20. The lowest BCUT2D eigenvalue weighted by molar-refractivity contribution is -0.150. The molecular weight excluding hydrogens is 306 g/mol. The highest BCUT2D eigenvalue weighted by molar-refractivity contribution is 6.12. The molecule has 1 aliphatic heterocycles. The Balaban J connectivity index is 2.03. The van der Waals surface area contributed by atoms with E-state index in [2.05, 4.69) is 10.3 Å². The first-order valence-corrected chi connectivity index (χ1v) is 8.79. The van der Waals surface area contributed by atoms with E-state index in [1.54, 1.807) is 31.5 Å². The third-order valence-electron chi connectivity index (χ3n) is 5.20. The number of carboxylic acids is 1. The average molecular weight is 331 g/mol. The SMILES string of the molecule is CCC(C(=O)O)(C(=O)C1CCCNC1)N(c1ccncc1)C1CC1. The van der Waals surface area contributed by atoms with Crippen molar-refractivity contribution in [3.63, 3.8) is 0 Å². The largest absolute Gasteiger partial charge is 0.479 e. The Morgan fingerprint density at radius 1 is 1.33 bits per heavy atom. The molecule has 1 aromatic rings. The third kappa shape index (κ3) is 2.90. The van der Waals surface area contributed by atoms with Gasteiger partial charge in [-0.25, -0.2) is 4.79 Å². The van der Waals surface area contributed by atoms with Gasteiger partial charge in [-0.2, -0.15) is 0 Å². The van der Waals surface area contributed by atoms with E-state index in [0.717, 1.165) is 37.9 Å². The number of nitrogens with one attached hydrogen (secondary N) is 1. The molecular formula is C18H25N3O3. The number of aliphatic carboxylic acids is 1. The van der Waals surface area contributed by atoms with Crippen LogP contribution in [0.4, 0.5) is 5.69 Å². The van der Waals surface area contributed by atoms with Gasteiger partial charge in [0, 0.05) is 36.6 Å². The molecule has 1 aliphatic carbocycles. The maximum atomic E-state index is 13.4. The van der Waals surface area contributed by atoms with Gasteiger partial charge in [0.05, 0.1) is 0 Å². The van der Waals surface area contributed by atoms with Gasteiger partial charge in [-0.3, -0.25) is 9.78 Å². The highest BCUT2D eigenvalue weighted by Gasteiger charge is 2.55. The predicted molar refractivity (Wildman–Crippen MR) is 91.0 cm³/mol. The van der Waals surface area contributed by atoms with Crippen LogP contribution in [0.25, 0.3) is 0 Å². The Kier molecular flexibility index (Phi) is 4.85. The lowest BCUT2D eigenvalue weighted by Crippen LogP contribution is -2.64. The Labute approximate surface area is 142 Å². The van der Waals surface area contributed by atoms with Gasteiger partial charge in [-0.05, 0) is 50.8 Å². The molecule has 1 saturated heterocycles. The maximum absolute atomic E-state index is 13.4. The van der Waals surface area contributed by atoms with Gasteiger partial charge in [0.25, 0.3) is 0 Å². The fourth-order valence-corrected chi connectivity index (χ4v) is 3.82. The van der Waals surface area contributed by atoms with Crippen LogP contribution in [0.1, 0.15) is 39.0 Å². The zero-order valence-corrected chi connectivity index (χ0v) is 14.1. The molecule has 2 heterocycles. The zero-order chi connectivity index (χ0) is 17.2. The molecule has 1 saturated carbocycles. The first kappa shape index (κ1) is 16.9. The topological polar surface area (TPSA) is 82.5 Å². The molecule has 6 heteroatoms. The number of aromatic nitrogens is 1. The molecule has 0 bridgehead atoms. The van der Waals surface area contributed by atoms with Crippen molar-refractivity contribution in [2.24, 2.45) is 5.92 Å². The van der Waals surface area contributed by atoms with Crippen LogP contribution in [0.5, 0.6) is 0 Å². The van der Waals surface area contributed by atoms with Crippen molar-refractivity contribution in [2.75, 3.05) is 18.0 Å². The van der Waals surface area contributed by atoms with E-state index in [1.165, 1.54) is 0 Å². The molecule has 0 spiro atoms. The van der Waals surface area contributed by atoms with Gasteiger partial charge in [0.1, 0.15) is 0 Å². The number of rotatable bonds is 7. The van der Waals surface area contributed by atoms with Gasteiger partial charge in [0.2, 0.25) is 0 Å². The summed E-state index contributed by atoms with van der Waals surface area (Å²) in [4.78, 5) is 31.6. The summed E-state index contributed by atoms with van der Waals surface area (Å²) in [6, 6.07) is 3.72. The molecule has 0 amide bonds. The Morgan fingerprint density at radius 2 is 2.04 bits per heavy atom. The minimum absolute atomic E-state index is 0.115. The summed E-state index contributed by atoms with van der Waals surface area (Å²) in [6.07, 6.45) is 7.08. The molecule has 24 heavy (non-hydrogen) atoms. The second-order valence-electron chi connectivity index (χ2n) is 6.73. The molecule has 3 rings (SSSR count). The molecule has 2 unspecified atom stereocenters. The number of hydrogen-bond acceptors (Lipinski definition) is 5. The fourth-order valence-electron chi connectivity index (χ4n) is 3.82. The number of carbonyl (C=O) groups excluding carboxylic acids is 1. The van der Waals surface area contributed by atoms with Crippen molar-refractivity contribution < 1.29 is 14.7 Å². The first-order chi connectivity index (χ1) is 11.6. The normalized spacial score (nSPS) is 23.3. The number of anilines is 1. The van der Waals surface area contributed by atoms with E-state index in [4.69, 9.17) is 0 Å². The summed E-state index contributed by atoms with van der Waals surface area (Å²) in [5, 5.41) is 13.4. The summed E-state index contributed by atoms with van der Waals surface area (Å²) in [6.45, 7) is 3.27. The van der Waals surface area contributed by atoms with Crippen molar-refractivity contribution in [2.45, 2.75) is 50.6 Å². The number of Topliss-reactive ketones (excluding diaryl/α,β-unsaturated/α-hetero) is 1. The van der Waals surface area contributed by atoms with E-state index >= 15 is 0 Å². The second kappa shape index (κ2) is 6.89. The molecule has 2 fully saturated rings. The first-order valence-electron chi connectivity index (χ1n) is 8.79. The number of carboxylic acid groups (broad SMARTS) is 1. The van der Waals surface area contributed by atoms with Crippen molar-refractivity contribution in [1.29, 1.82) is 0 Å². The Bertz CT molecular complexity index is 597. The minimum atomic E-state index is -1.49. The van der Waals surface area contributed by atoms with Crippen LogP contribution in [-0.4, -0.2) is 46.5 Å².